The summed E-state index contributed by atoms with van der Waals surface area (Å²) in [5.74, 6) is 0. The lowest BCUT2D eigenvalue weighted by atomic mass is 9.92. The summed E-state index contributed by atoms with van der Waals surface area (Å²) in [6.45, 7) is 7.59. The fourth-order valence-electron chi connectivity index (χ4n) is 2.82. The van der Waals surface area contributed by atoms with Crippen molar-refractivity contribution in [2.75, 3.05) is 0 Å². The summed E-state index contributed by atoms with van der Waals surface area (Å²) in [5, 5.41) is 10.7. The van der Waals surface area contributed by atoms with Crippen LogP contribution in [-0.2, 0) is 18.0 Å². The lowest BCUT2D eigenvalue weighted by molar-refractivity contribution is 0.134. The van der Waals surface area contributed by atoms with Gasteiger partial charge in [0.2, 0.25) is 0 Å². The first kappa shape index (κ1) is 13.3. The molecule has 0 saturated carbocycles. The summed E-state index contributed by atoms with van der Waals surface area (Å²) in [6, 6.07) is 10.4. The van der Waals surface area contributed by atoms with E-state index in [0.717, 1.165) is 16.7 Å². The fraction of sp³-hybridized carbons (Fsp3) is 0.333. The van der Waals surface area contributed by atoms with Crippen molar-refractivity contribution in [1.29, 1.82) is 0 Å². The molecule has 2 aromatic rings. The van der Waals surface area contributed by atoms with E-state index in [1.54, 1.807) is 0 Å². The molecule has 0 aromatic heterocycles. The van der Waals surface area contributed by atoms with Crippen molar-refractivity contribution < 1.29 is 9.84 Å². The highest BCUT2D eigenvalue weighted by Crippen LogP contribution is 2.30. The third-order valence-electron chi connectivity index (χ3n) is 4.24. The maximum Gasteiger partial charge on any atom is 0.104 e. The predicted octanol–water partition coefficient (Wildman–Crippen LogP) is 3.72. The molecule has 2 nitrogen and oxygen atoms in total. The first-order chi connectivity index (χ1) is 9.56. The van der Waals surface area contributed by atoms with Gasteiger partial charge in [-0.25, -0.2) is 0 Å². The maximum absolute atomic E-state index is 10.7. The highest BCUT2D eigenvalue weighted by Gasteiger charge is 2.17. The van der Waals surface area contributed by atoms with Crippen molar-refractivity contribution in [3.8, 4) is 0 Å². The molecule has 104 valence electrons. The first-order valence-electron chi connectivity index (χ1n) is 7.01. The van der Waals surface area contributed by atoms with Gasteiger partial charge in [0.15, 0.2) is 0 Å². The number of ether oxygens (including phenoxy) is 1. The van der Waals surface area contributed by atoms with Crippen LogP contribution in [0, 0.1) is 20.8 Å². The van der Waals surface area contributed by atoms with Crippen LogP contribution in [0.2, 0.25) is 0 Å². The van der Waals surface area contributed by atoms with E-state index in [1.165, 1.54) is 22.3 Å². The zero-order chi connectivity index (χ0) is 14.3. The number of aryl methyl sites for hydroxylation is 3. The zero-order valence-corrected chi connectivity index (χ0v) is 12.2. The van der Waals surface area contributed by atoms with E-state index in [2.05, 4.69) is 45.0 Å². The molecule has 20 heavy (non-hydrogen) atoms. The normalized spacial score (nSPS) is 15.2. The van der Waals surface area contributed by atoms with Crippen molar-refractivity contribution in [2.24, 2.45) is 0 Å². The van der Waals surface area contributed by atoms with Crippen LogP contribution in [0.1, 0.15) is 45.0 Å². The molecule has 0 bridgehead atoms. The molecule has 2 aromatic carbocycles. The molecule has 1 aliphatic rings. The number of aliphatic hydroxyl groups is 1. The Morgan fingerprint density at radius 1 is 0.900 bits per heavy atom. The highest BCUT2D eigenvalue weighted by atomic mass is 16.5. The summed E-state index contributed by atoms with van der Waals surface area (Å²) >= 11 is 0. The molecular formula is C18H20O2. The summed E-state index contributed by atoms with van der Waals surface area (Å²) in [7, 11) is 0. The van der Waals surface area contributed by atoms with Crippen molar-refractivity contribution in [3.05, 3.63) is 69.3 Å². The Morgan fingerprint density at radius 2 is 1.60 bits per heavy atom. The van der Waals surface area contributed by atoms with Gasteiger partial charge < -0.3 is 9.84 Å². The van der Waals surface area contributed by atoms with E-state index in [9.17, 15) is 5.11 Å². The summed E-state index contributed by atoms with van der Waals surface area (Å²) in [6.07, 6.45) is -0.569. The van der Waals surface area contributed by atoms with Crippen LogP contribution in [0.15, 0.2) is 30.3 Å². The first-order valence-corrected chi connectivity index (χ1v) is 7.01. The largest absolute Gasteiger partial charge is 0.384 e. The standard InChI is InChI=1S/C18H20O2/c1-11-6-13(3)17(7-12(11)2)18(19)14-4-5-15-9-20-10-16(15)8-14/h4-8,18-19H,9-10H2,1-3H3. The number of fused-ring (bicyclic) bond motifs is 1. The second kappa shape index (κ2) is 5.04. The third-order valence-corrected chi connectivity index (χ3v) is 4.24. The van der Waals surface area contributed by atoms with Crippen molar-refractivity contribution in [1.82, 2.24) is 0 Å². The van der Waals surface area contributed by atoms with E-state index >= 15 is 0 Å². The van der Waals surface area contributed by atoms with Gasteiger partial charge in [-0.2, -0.15) is 0 Å². The van der Waals surface area contributed by atoms with Crippen LogP contribution in [0.5, 0.6) is 0 Å². The van der Waals surface area contributed by atoms with Gasteiger partial charge in [0.25, 0.3) is 0 Å². The predicted molar refractivity (Wildman–Crippen MR) is 79.6 cm³/mol. The Balaban J connectivity index is 2.00. The van der Waals surface area contributed by atoms with E-state index in [1.807, 2.05) is 6.07 Å². The highest BCUT2D eigenvalue weighted by molar-refractivity contribution is 5.43. The number of hydrogen-bond donors (Lipinski definition) is 1. The molecule has 2 heteroatoms. The smallest absolute Gasteiger partial charge is 0.104 e. The number of hydrogen-bond acceptors (Lipinski definition) is 2. The van der Waals surface area contributed by atoms with Gasteiger partial charge >= 0.3 is 0 Å². The fourth-order valence-corrected chi connectivity index (χ4v) is 2.82. The minimum atomic E-state index is -0.569. The lowest BCUT2D eigenvalue weighted by Gasteiger charge is -2.17. The van der Waals surface area contributed by atoms with Gasteiger partial charge in [0.05, 0.1) is 13.2 Å². The Morgan fingerprint density at radius 3 is 2.40 bits per heavy atom. The van der Waals surface area contributed by atoms with Gasteiger partial charge in [-0.05, 0) is 59.7 Å². The molecule has 1 N–H and O–H groups in total. The minimum Gasteiger partial charge on any atom is -0.384 e. The van der Waals surface area contributed by atoms with E-state index in [-0.39, 0.29) is 0 Å². The van der Waals surface area contributed by atoms with Crippen LogP contribution >= 0.6 is 0 Å². The molecule has 0 aliphatic carbocycles. The Bertz CT molecular complexity index is 659. The summed E-state index contributed by atoms with van der Waals surface area (Å²) in [4.78, 5) is 0. The maximum atomic E-state index is 10.7. The van der Waals surface area contributed by atoms with Crippen LogP contribution in [0.25, 0.3) is 0 Å². The molecule has 0 spiro atoms. The van der Waals surface area contributed by atoms with Gasteiger partial charge in [-0.15, -0.1) is 0 Å². The van der Waals surface area contributed by atoms with Crippen molar-refractivity contribution >= 4 is 0 Å². The van der Waals surface area contributed by atoms with Crippen LogP contribution in [0.4, 0.5) is 0 Å². The zero-order valence-electron chi connectivity index (χ0n) is 12.2. The van der Waals surface area contributed by atoms with Crippen LogP contribution in [0.3, 0.4) is 0 Å². The molecule has 1 aliphatic heterocycles. The van der Waals surface area contributed by atoms with Crippen molar-refractivity contribution in [3.63, 3.8) is 0 Å². The topological polar surface area (TPSA) is 29.5 Å². The Kier molecular flexibility index (Phi) is 3.36. The van der Waals surface area contributed by atoms with Gasteiger partial charge in [-0.3, -0.25) is 0 Å². The average molecular weight is 268 g/mol. The summed E-state index contributed by atoms with van der Waals surface area (Å²) < 4.78 is 5.43. The van der Waals surface area contributed by atoms with E-state index < -0.39 is 6.10 Å². The number of rotatable bonds is 2. The molecule has 1 atom stereocenters. The van der Waals surface area contributed by atoms with E-state index in [4.69, 9.17) is 4.74 Å². The van der Waals surface area contributed by atoms with Gasteiger partial charge in [0, 0.05) is 0 Å². The molecule has 3 rings (SSSR count). The molecular weight excluding hydrogens is 248 g/mol. The monoisotopic (exact) mass is 268 g/mol. The summed E-state index contributed by atoms with van der Waals surface area (Å²) in [5.41, 5.74) is 7.99. The second-order valence-electron chi connectivity index (χ2n) is 5.72. The van der Waals surface area contributed by atoms with Crippen LogP contribution < -0.4 is 0 Å². The lowest BCUT2D eigenvalue weighted by Crippen LogP contribution is -2.04. The molecule has 1 heterocycles. The van der Waals surface area contributed by atoms with Crippen LogP contribution in [-0.4, -0.2) is 5.11 Å². The van der Waals surface area contributed by atoms with Gasteiger partial charge in [0.1, 0.15) is 6.10 Å². The third kappa shape index (κ3) is 2.26. The minimum absolute atomic E-state index is 0.569. The Hall–Kier alpha value is -1.64. The molecule has 0 saturated heterocycles. The number of aliphatic hydroxyl groups excluding tert-OH is 1. The molecule has 0 fully saturated rings. The SMILES string of the molecule is Cc1cc(C)c(C(O)c2ccc3c(c2)COC3)cc1C. The second-order valence-corrected chi connectivity index (χ2v) is 5.72. The number of benzene rings is 2. The quantitative estimate of drug-likeness (QED) is 0.899. The average Bonchev–Trinajstić information content (AvgIpc) is 2.89. The molecule has 0 amide bonds. The molecule has 1 unspecified atom stereocenters. The van der Waals surface area contributed by atoms with Gasteiger partial charge in [-0.1, -0.05) is 30.3 Å². The Labute approximate surface area is 120 Å². The molecule has 0 radical (unpaired) electrons. The van der Waals surface area contributed by atoms with Crippen molar-refractivity contribution in [2.45, 2.75) is 40.1 Å². The van der Waals surface area contributed by atoms with E-state index in [0.29, 0.717) is 13.2 Å².